The van der Waals surface area contributed by atoms with Gasteiger partial charge in [0.1, 0.15) is 17.3 Å². The first-order valence-corrected chi connectivity index (χ1v) is 7.72. The van der Waals surface area contributed by atoms with Crippen LogP contribution in [0.2, 0.25) is 0 Å². The van der Waals surface area contributed by atoms with E-state index in [0.717, 1.165) is 36.3 Å². The highest BCUT2D eigenvalue weighted by Gasteiger charge is 2.16. The summed E-state index contributed by atoms with van der Waals surface area (Å²) in [5.74, 6) is 2.18. The van der Waals surface area contributed by atoms with Crippen LogP contribution in [0.4, 0.5) is 0 Å². The maximum absolute atomic E-state index is 9.61. The number of ether oxygens (including phenoxy) is 3. The van der Waals surface area contributed by atoms with Crippen molar-refractivity contribution in [2.45, 2.75) is 32.8 Å². The molecular weight excluding hydrogens is 296 g/mol. The number of benzene rings is 1. The number of rotatable bonds is 9. The summed E-state index contributed by atoms with van der Waals surface area (Å²) in [6, 6.07) is 5.53. The zero-order valence-electron chi connectivity index (χ0n) is 13.9. The molecule has 1 aromatic heterocycles. The Kier molecular flexibility index (Phi) is 6.43. The number of aryl methyl sites for hydroxylation is 1. The standard InChI is InChI=1S/C17H24N2O4/c1-4-5-6-16-18-14(10-20)17(19-16)13-8-7-12(22-3)9-15(13)23-11-21-2/h7-9,20H,4-6,10-11H2,1-3H3,(H,18,19). The maximum atomic E-state index is 9.61. The molecule has 0 spiro atoms. The Morgan fingerprint density at radius 1 is 1.26 bits per heavy atom. The van der Waals surface area contributed by atoms with Crippen LogP contribution in [0.5, 0.6) is 11.5 Å². The number of imidazole rings is 1. The molecule has 2 rings (SSSR count). The molecule has 0 radical (unpaired) electrons. The van der Waals surface area contributed by atoms with Gasteiger partial charge in [-0.3, -0.25) is 0 Å². The lowest BCUT2D eigenvalue weighted by atomic mass is 10.1. The Morgan fingerprint density at radius 3 is 2.74 bits per heavy atom. The van der Waals surface area contributed by atoms with Gasteiger partial charge in [-0.05, 0) is 18.6 Å². The first kappa shape index (κ1) is 17.3. The van der Waals surface area contributed by atoms with E-state index in [4.69, 9.17) is 14.2 Å². The number of H-pyrrole nitrogens is 1. The van der Waals surface area contributed by atoms with Crippen LogP contribution in [0, 0.1) is 0 Å². The topological polar surface area (TPSA) is 76.6 Å². The molecule has 0 aliphatic heterocycles. The highest BCUT2D eigenvalue weighted by molar-refractivity contribution is 5.70. The third kappa shape index (κ3) is 4.24. The number of unbranched alkanes of at least 4 members (excludes halogenated alkanes) is 1. The molecule has 0 bridgehead atoms. The van der Waals surface area contributed by atoms with E-state index >= 15 is 0 Å². The Balaban J connectivity index is 2.40. The van der Waals surface area contributed by atoms with Gasteiger partial charge in [-0.2, -0.15) is 0 Å². The molecule has 6 heteroatoms. The molecule has 0 fully saturated rings. The van der Waals surface area contributed by atoms with Gasteiger partial charge < -0.3 is 24.3 Å². The van der Waals surface area contributed by atoms with E-state index in [9.17, 15) is 5.11 Å². The van der Waals surface area contributed by atoms with Gasteiger partial charge >= 0.3 is 0 Å². The van der Waals surface area contributed by atoms with E-state index in [1.807, 2.05) is 12.1 Å². The van der Waals surface area contributed by atoms with E-state index in [2.05, 4.69) is 16.9 Å². The number of nitrogens with zero attached hydrogens (tertiary/aromatic N) is 1. The SMILES string of the molecule is CCCCc1nc(CO)c(-c2ccc(OC)cc2OCOC)[nH]1. The van der Waals surface area contributed by atoms with E-state index < -0.39 is 0 Å². The molecule has 6 nitrogen and oxygen atoms in total. The first-order valence-electron chi connectivity index (χ1n) is 7.72. The van der Waals surface area contributed by atoms with Crippen LogP contribution in [0.1, 0.15) is 31.3 Å². The van der Waals surface area contributed by atoms with Crippen molar-refractivity contribution in [3.63, 3.8) is 0 Å². The fourth-order valence-corrected chi connectivity index (χ4v) is 2.34. The molecule has 0 saturated carbocycles. The molecule has 126 valence electrons. The molecular formula is C17H24N2O4. The minimum atomic E-state index is -0.131. The summed E-state index contributed by atoms with van der Waals surface area (Å²) in [6.07, 6.45) is 3.00. The third-order valence-electron chi connectivity index (χ3n) is 3.54. The van der Waals surface area contributed by atoms with E-state index in [-0.39, 0.29) is 13.4 Å². The predicted molar refractivity (Wildman–Crippen MR) is 87.6 cm³/mol. The molecule has 0 aliphatic rings. The molecule has 0 saturated heterocycles. The Labute approximate surface area is 136 Å². The van der Waals surface area contributed by atoms with Crippen molar-refractivity contribution in [3.8, 4) is 22.8 Å². The third-order valence-corrected chi connectivity index (χ3v) is 3.54. The molecule has 2 aromatic rings. The number of nitrogens with one attached hydrogen (secondary N) is 1. The summed E-state index contributed by atoms with van der Waals surface area (Å²) in [4.78, 5) is 7.79. The van der Waals surface area contributed by atoms with Crippen LogP contribution >= 0.6 is 0 Å². The Bertz CT molecular complexity index is 625. The zero-order chi connectivity index (χ0) is 16.7. The lowest BCUT2D eigenvalue weighted by Gasteiger charge is -2.12. The average molecular weight is 320 g/mol. The summed E-state index contributed by atoms with van der Waals surface area (Å²) in [5, 5.41) is 9.61. The van der Waals surface area contributed by atoms with Gasteiger partial charge in [0.05, 0.1) is 25.1 Å². The van der Waals surface area contributed by atoms with Gasteiger partial charge in [-0.25, -0.2) is 4.98 Å². The molecule has 23 heavy (non-hydrogen) atoms. The number of aliphatic hydroxyl groups excluding tert-OH is 1. The predicted octanol–water partition coefficient (Wildman–Crippen LogP) is 2.90. The van der Waals surface area contributed by atoms with Crippen molar-refractivity contribution < 1.29 is 19.3 Å². The molecule has 0 amide bonds. The fraction of sp³-hybridized carbons (Fsp3) is 0.471. The summed E-state index contributed by atoms with van der Waals surface area (Å²) in [6.45, 7) is 2.14. The molecule has 0 unspecified atom stereocenters. The second-order valence-electron chi connectivity index (χ2n) is 5.18. The number of hydrogen-bond acceptors (Lipinski definition) is 5. The zero-order valence-corrected chi connectivity index (χ0v) is 13.9. The molecule has 1 heterocycles. The number of aliphatic hydroxyl groups is 1. The van der Waals surface area contributed by atoms with Crippen molar-refractivity contribution in [3.05, 3.63) is 29.7 Å². The Morgan fingerprint density at radius 2 is 2.09 bits per heavy atom. The van der Waals surface area contributed by atoms with Crippen molar-refractivity contribution in [1.82, 2.24) is 9.97 Å². The van der Waals surface area contributed by atoms with Crippen LogP contribution < -0.4 is 9.47 Å². The summed E-state index contributed by atoms with van der Waals surface area (Å²) in [5.41, 5.74) is 2.21. The normalized spacial score (nSPS) is 10.8. The maximum Gasteiger partial charge on any atom is 0.188 e. The highest BCUT2D eigenvalue weighted by Crippen LogP contribution is 2.34. The van der Waals surface area contributed by atoms with Gasteiger partial charge in [0.2, 0.25) is 0 Å². The summed E-state index contributed by atoms with van der Waals surface area (Å²) < 4.78 is 15.9. The van der Waals surface area contributed by atoms with Gasteiger partial charge in [0.25, 0.3) is 0 Å². The number of methoxy groups -OCH3 is 2. The quantitative estimate of drug-likeness (QED) is 0.695. The average Bonchev–Trinajstić information content (AvgIpc) is 3.00. The molecule has 2 N–H and O–H groups in total. The first-order chi connectivity index (χ1) is 11.2. The van der Waals surface area contributed by atoms with E-state index in [0.29, 0.717) is 17.2 Å². The molecule has 1 aromatic carbocycles. The van der Waals surface area contributed by atoms with Crippen LogP contribution in [0.15, 0.2) is 18.2 Å². The van der Waals surface area contributed by atoms with Crippen LogP contribution in [-0.2, 0) is 17.8 Å². The van der Waals surface area contributed by atoms with Gasteiger partial charge in [-0.15, -0.1) is 0 Å². The summed E-state index contributed by atoms with van der Waals surface area (Å²) >= 11 is 0. The largest absolute Gasteiger partial charge is 0.497 e. The highest BCUT2D eigenvalue weighted by atomic mass is 16.7. The van der Waals surface area contributed by atoms with Crippen molar-refractivity contribution in [1.29, 1.82) is 0 Å². The van der Waals surface area contributed by atoms with Gasteiger partial charge in [0.15, 0.2) is 6.79 Å². The Hall–Kier alpha value is -2.05. The lowest BCUT2D eigenvalue weighted by molar-refractivity contribution is 0.0514. The summed E-state index contributed by atoms with van der Waals surface area (Å²) in [7, 11) is 3.17. The second kappa shape index (κ2) is 8.55. The van der Waals surface area contributed by atoms with Crippen molar-refractivity contribution in [2.24, 2.45) is 0 Å². The number of aromatic amines is 1. The van der Waals surface area contributed by atoms with Crippen molar-refractivity contribution in [2.75, 3.05) is 21.0 Å². The molecule has 0 atom stereocenters. The van der Waals surface area contributed by atoms with Crippen LogP contribution in [-0.4, -0.2) is 36.1 Å². The monoisotopic (exact) mass is 320 g/mol. The van der Waals surface area contributed by atoms with E-state index in [1.165, 1.54) is 0 Å². The van der Waals surface area contributed by atoms with Crippen molar-refractivity contribution >= 4 is 0 Å². The lowest BCUT2D eigenvalue weighted by Crippen LogP contribution is -2.01. The van der Waals surface area contributed by atoms with Gasteiger partial charge in [-0.1, -0.05) is 13.3 Å². The minimum Gasteiger partial charge on any atom is -0.497 e. The smallest absolute Gasteiger partial charge is 0.188 e. The van der Waals surface area contributed by atoms with Crippen LogP contribution in [0.3, 0.4) is 0 Å². The fourth-order valence-electron chi connectivity index (χ4n) is 2.34. The second-order valence-corrected chi connectivity index (χ2v) is 5.18. The molecule has 0 aliphatic carbocycles. The van der Waals surface area contributed by atoms with Gasteiger partial charge in [0, 0.05) is 25.2 Å². The minimum absolute atomic E-state index is 0.130. The van der Waals surface area contributed by atoms with E-state index in [1.54, 1.807) is 20.3 Å². The number of hydrogen-bond donors (Lipinski definition) is 2. The van der Waals surface area contributed by atoms with Crippen LogP contribution in [0.25, 0.3) is 11.3 Å². The number of aromatic nitrogens is 2.